The Balaban J connectivity index is 1.74. The van der Waals surface area contributed by atoms with Crippen LogP contribution >= 0.6 is 15.9 Å². The van der Waals surface area contributed by atoms with E-state index in [0.29, 0.717) is 10.2 Å². The zero-order valence-electron chi connectivity index (χ0n) is 14.6. The smallest absolute Gasteiger partial charge is 0.307 e. The molecule has 0 unspecified atom stereocenters. The van der Waals surface area contributed by atoms with E-state index in [2.05, 4.69) is 26.0 Å². The summed E-state index contributed by atoms with van der Waals surface area (Å²) in [6.07, 6.45) is -0.187. The van der Waals surface area contributed by atoms with Crippen LogP contribution in [0.2, 0.25) is 0 Å². The van der Waals surface area contributed by atoms with E-state index in [4.69, 9.17) is 4.74 Å². The first kappa shape index (κ1) is 21.1. The van der Waals surface area contributed by atoms with Gasteiger partial charge in [-0.15, -0.1) is 0 Å². The number of carbonyl (C=O) groups is 2. The predicted octanol–water partition coefficient (Wildman–Crippen LogP) is 2.61. The maximum absolute atomic E-state index is 12.1. The number of ether oxygens (including phenoxy) is 1. The van der Waals surface area contributed by atoms with Crippen LogP contribution in [0.3, 0.4) is 0 Å². The van der Waals surface area contributed by atoms with Gasteiger partial charge in [-0.2, -0.15) is 0 Å². The number of nitrogens with one attached hydrogen (secondary N) is 2. The standard InChI is InChI=1S/C18H19BrN2O5S/c1-13-6-8-14(9-7-13)27(24,25)20-11-10-18(23)26-12-17(22)21-16-5-3-2-4-15(16)19/h2-9,20H,10-12H2,1H3,(H,21,22). The van der Waals surface area contributed by atoms with Crippen molar-refractivity contribution in [1.82, 2.24) is 4.72 Å². The third kappa shape index (κ3) is 6.78. The molecular formula is C18H19BrN2O5S. The zero-order chi connectivity index (χ0) is 19.9. The Morgan fingerprint density at radius 2 is 1.74 bits per heavy atom. The van der Waals surface area contributed by atoms with Crippen LogP contribution in [0.25, 0.3) is 0 Å². The van der Waals surface area contributed by atoms with Gasteiger partial charge in [0.25, 0.3) is 5.91 Å². The predicted molar refractivity (Wildman–Crippen MR) is 105 cm³/mol. The summed E-state index contributed by atoms with van der Waals surface area (Å²) in [5, 5.41) is 2.60. The zero-order valence-corrected chi connectivity index (χ0v) is 17.0. The normalized spacial score (nSPS) is 11.0. The number of anilines is 1. The van der Waals surface area contributed by atoms with Crippen LogP contribution < -0.4 is 10.0 Å². The van der Waals surface area contributed by atoms with Crippen molar-refractivity contribution in [3.63, 3.8) is 0 Å². The quantitative estimate of drug-likeness (QED) is 0.596. The molecule has 0 aliphatic rings. The molecule has 9 heteroatoms. The fourth-order valence-electron chi connectivity index (χ4n) is 2.06. The van der Waals surface area contributed by atoms with Crippen LogP contribution in [0.1, 0.15) is 12.0 Å². The van der Waals surface area contributed by atoms with Gasteiger partial charge in [-0.3, -0.25) is 9.59 Å². The van der Waals surface area contributed by atoms with Crippen molar-refractivity contribution >= 4 is 43.5 Å². The molecule has 7 nitrogen and oxygen atoms in total. The average molecular weight is 455 g/mol. The molecule has 0 radical (unpaired) electrons. The molecule has 0 saturated carbocycles. The second-order valence-electron chi connectivity index (χ2n) is 5.65. The van der Waals surface area contributed by atoms with Gasteiger partial charge in [-0.25, -0.2) is 13.1 Å². The Morgan fingerprint density at radius 1 is 1.07 bits per heavy atom. The maximum atomic E-state index is 12.1. The summed E-state index contributed by atoms with van der Waals surface area (Å²) in [5.74, 6) is -1.17. The third-order valence-corrected chi connectivity index (χ3v) is 5.63. The molecule has 0 aliphatic carbocycles. The van der Waals surface area contributed by atoms with Gasteiger partial charge in [0.05, 0.1) is 17.0 Å². The summed E-state index contributed by atoms with van der Waals surface area (Å²) in [6.45, 7) is 1.28. The Kier molecular flexibility index (Phi) is 7.52. The van der Waals surface area contributed by atoms with Gasteiger partial charge in [0, 0.05) is 11.0 Å². The third-order valence-electron chi connectivity index (χ3n) is 3.46. The van der Waals surface area contributed by atoms with E-state index in [1.807, 2.05) is 6.92 Å². The molecule has 0 fully saturated rings. The minimum absolute atomic E-state index is 0.120. The molecule has 0 aliphatic heterocycles. The molecule has 0 aromatic heterocycles. The number of para-hydroxylation sites is 1. The number of rotatable bonds is 8. The molecule has 144 valence electrons. The average Bonchev–Trinajstić information content (AvgIpc) is 2.62. The van der Waals surface area contributed by atoms with E-state index in [0.717, 1.165) is 5.56 Å². The summed E-state index contributed by atoms with van der Waals surface area (Å²) >= 11 is 3.29. The van der Waals surface area contributed by atoms with Crippen molar-refractivity contribution in [2.45, 2.75) is 18.2 Å². The second-order valence-corrected chi connectivity index (χ2v) is 8.27. The number of carbonyl (C=O) groups excluding carboxylic acids is 2. The van der Waals surface area contributed by atoms with Crippen LogP contribution in [0.4, 0.5) is 5.69 Å². The fraction of sp³-hybridized carbons (Fsp3) is 0.222. The van der Waals surface area contributed by atoms with Crippen molar-refractivity contribution in [3.05, 3.63) is 58.6 Å². The molecule has 0 atom stereocenters. The van der Waals surface area contributed by atoms with Crippen molar-refractivity contribution in [2.75, 3.05) is 18.5 Å². The molecule has 1 amide bonds. The molecular weight excluding hydrogens is 436 g/mol. The highest BCUT2D eigenvalue weighted by molar-refractivity contribution is 9.10. The largest absolute Gasteiger partial charge is 0.456 e. The molecule has 27 heavy (non-hydrogen) atoms. The number of esters is 1. The Bertz CT molecular complexity index is 914. The summed E-state index contributed by atoms with van der Waals surface area (Å²) in [7, 11) is -3.69. The molecule has 0 saturated heterocycles. The molecule has 2 rings (SSSR count). The van der Waals surface area contributed by atoms with E-state index in [9.17, 15) is 18.0 Å². The number of benzene rings is 2. The van der Waals surface area contributed by atoms with Crippen LogP contribution in [-0.4, -0.2) is 33.4 Å². The molecule has 0 spiro atoms. The van der Waals surface area contributed by atoms with E-state index in [-0.39, 0.29) is 17.9 Å². The van der Waals surface area contributed by atoms with Crippen LogP contribution in [0.15, 0.2) is 57.9 Å². The molecule has 2 aromatic rings. The Morgan fingerprint density at radius 3 is 2.41 bits per heavy atom. The topological polar surface area (TPSA) is 102 Å². The maximum Gasteiger partial charge on any atom is 0.307 e. The molecule has 2 N–H and O–H groups in total. The highest BCUT2D eigenvalue weighted by Crippen LogP contribution is 2.20. The van der Waals surface area contributed by atoms with Crippen molar-refractivity contribution in [1.29, 1.82) is 0 Å². The minimum Gasteiger partial charge on any atom is -0.456 e. The van der Waals surface area contributed by atoms with E-state index in [1.54, 1.807) is 36.4 Å². The first-order valence-corrected chi connectivity index (χ1v) is 10.3. The van der Waals surface area contributed by atoms with Crippen molar-refractivity contribution in [2.24, 2.45) is 0 Å². The lowest BCUT2D eigenvalue weighted by molar-refractivity contribution is -0.147. The van der Waals surface area contributed by atoms with E-state index < -0.39 is 28.5 Å². The number of sulfonamides is 1. The lowest BCUT2D eigenvalue weighted by Crippen LogP contribution is -2.28. The van der Waals surface area contributed by atoms with Gasteiger partial charge in [0.2, 0.25) is 10.0 Å². The van der Waals surface area contributed by atoms with E-state index in [1.165, 1.54) is 12.1 Å². The number of amides is 1. The minimum atomic E-state index is -3.69. The molecule has 0 heterocycles. The first-order chi connectivity index (χ1) is 12.8. The van der Waals surface area contributed by atoms with E-state index >= 15 is 0 Å². The van der Waals surface area contributed by atoms with Gasteiger partial charge < -0.3 is 10.1 Å². The monoisotopic (exact) mass is 454 g/mol. The number of halogens is 1. The lowest BCUT2D eigenvalue weighted by Gasteiger charge is -2.09. The lowest BCUT2D eigenvalue weighted by atomic mass is 10.2. The fourth-order valence-corrected chi connectivity index (χ4v) is 3.47. The molecule has 0 bridgehead atoms. The summed E-state index contributed by atoms with van der Waals surface area (Å²) in [4.78, 5) is 23.6. The highest BCUT2D eigenvalue weighted by atomic mass is 79.9. The van der Waals surface area contributed by atoms with Gasteiger partial charge in [0.1, 0.15) is 0 Å². The van der Waals surface area contributed by atoms with Crippen LogP contribution in [0, 0.1) is 6.92 Å². The number of aryl methyl sites for hydroxylation is 1. The van der Waals surface area contributed by atoms with Gasteiger partial charge in [0.15, 0.2) is 6.61 Å². The van der Waals surface area contributed by atoms with Crippen molar-refractivity contribution < 1.29 is 22.7 Å². The Hall–Kier alpha value is -2.23. The highest BCUT2D eigenvalue weighted by Gasteiger charge is 2.15. The van der Waals surface area contributed by atoms with Gasteiger partial charge in [-0.1, -0.05) is 29.8 Å². The molecule has 2 aromatic carbocycles. The summed E-state index contributed by atoms with van der Waals surface area (Å²) in [6, 6.07) is 13.4. The summed E-state index contributed by atoms with van der Waals surface area (Å²) in [5.41, 5.74) is 1.50. The number of hydrogen-bond donors (Lipinski definition) is 2. The van der Waals surface area contributed by atoms with Crippen LogP contribution in [0.5, 0.6) is 0 Å². The Labute approximate surface area is 166 Å². The summed E-state index contributed by atoms with van der Waals surface area (Å²) < 4.78 is 32.1. The van der Waals surface area contributed by atoms with Crippen molar-refractivity contribution in [3.8, 4) is 0 Å². The first-order valence-electron chi connectivity index (χ1n) is 8.04. The van der Waals surface area contributed by atoms with Gasteiger partial charge >= 0.3 is 5.97 Å². The van der Waals surface area contributed by atoms with Gasteiger partial charge in [-0.05, 0) is 47.1 Å². The SMILES string of the molecule is Cc1ccc(S(=O)(=O)NCCC(=O)OCC(=O)Nc2ccccc2Br)cc1. The van der Waals surface area contributed by atoms with Crippen LogP contribution in [-0.2, 0) is 24.3 Å². The second kappa shape index (κ2) is 9.63. The number of hydrogen-bond acceptors (Lipinski definition) is 5.